The maximum Gasteiger partial charge on any atom is 0.412 e. The van der Waals surface area contributed by atoms with Crippen molar-refractivity contribution >= 4 is 11.8 Å². The molecule has 2 rings (SSSR count). The van der Waals surface area contributed by atoms with Crippen LogP contribution in [0.2, 0.25) is 0 Å². The average molecular weight is 268 g/mol. The van der Waals surface area contributed by atoms with Crippen LogP contribution in [-0.4, -0.2) is 22.4 Å². The first-order chi connectivity index (χ1) is 8.78. The fourth-order valence-electron chi connectivity index (χ4n) is 1.72. The predicted octanol–water partition coefficient (Wildman–Crippen LogP) is 2.48. The molecule has 2 atom stereocenters. The van der Waals surface area contributed by atoms with Gasteiger partial charge in [-0.1, -0.05) is 0 Å². The van der Waals surface area contributed by atoms with Crippen molar-refractivity contribution in [3.63, 3.8) is 0 Å². The second kappa shape index (κ2) is 4.68. The van der Waals surface area contributed by atoms with E-state index < -0.39 is 29.5 Å². The summed E-state index contributed by atoms with van der Waals surface area (Å²) < 4.78 is 19.4. The number of nitrogens with one attached hydrogen (secondary N) is 1. The van der Waals surface area contributed by atoms with Gasteiger partial charge in [0.15, 0.2) is 0 Å². The number of hydrogen-bond acceptors (Lipinski definition) is 3. The van der Waals surface area contributed by atoms with Crippen molar-refractivity contribution in [2.45, 2.75) is 45.0 Å². The van der Waals surface area contributed by atoms with Gasteiger partial charge in [0, 0.05) is 12.6 Å². The van der Waals surface area contributed by atoms with Crippen molar-refractivity contribution in [3.8, 4) is 0 Å². The number of anilines is 1. The lowest BCUT2D eigenvalue weighted by Crippen LogP contribution is -2.30. The number of carbonyl (C=O) groups is 1. The van der Waals surface area contributed by atoms with E-state index in [1.807, 2.05) is 0 Å². The largest absolute Gasteiger partial charge is 0.444 e. The van der Waals surface area contributed by atoms with Crippen LogP contribution in [0.25, 0.3) is 0 Å². The fraction of sp³-hybridized carbons (Fsp3) is 0.538. The van der Waals surface area contributed by atoms with E-state index in [0.717, 1.165) is 0 Å². The zero-order valence-electron chi connectivity index (χ0n) is 11.1. The molecule has 1 aromatic heterocycles. The molecular formula is C13H17FN2O3. The van der Waals surface area contributed by atoms with Crippen LogP contribution in [0.1, 0.15) is 33.2 Å². The van der Waals surface area contributed by atoms with E-state index in [9.17, 15) is 14.0 Å². The lowest BCUT2D eigenvalue weighted by Gasteiger charge is -2.19. The smallest absolute Gasteiger partial charge is 0.412 e. The van der Waals surface area contributed by atoms with Crippen molar-refractivity contribution in [2.75, 3.05) is 5.32 Å². The summed E-state index contributed by atoms with van der Waals surface area (Å²) in [7, 11) is 0. The van der Waals surface area contributed by atoms with E-state index in [-0.39, 0.29) is 5.69 Å². The van der Waals surface area contributed by atoms with Crippen molar-refractivity contribution in [3.05, 3.63) is 28.7 Å². The Kier molecular flexibility index (Phi) is 3.34. The summed E-state index contributed by atoms with van der Waals surface area (Å²) in [5, 5.41) is 2.39. The molecule has 1 aromatic rings. The Hall–Kier alpha value is -1.85. The first-order valence-electron chi connectivity index (χ1n) is 6.13. The third-order valence-corrected chi connectivity index (χ3v) is 2.65. The summed E-state index contributed by atoms with van der Waals surface area (Å²) in [6.45, 7) is 5.19. The summed E-state index contributed by atoms with van der Waals surface area (Å²) in [6.07, 6.45) is 0.187. The quantitative estimate of drug-likeness (QED) is 0.896. The van der Waals surface area contributed by atoms with Gasteiger partial charge in [-0.25, -0.2) is 9.18 Å². The Morgan fingerprint density at radius 2 is 2.16 bits per heavy atom. The molecule has 1 N–H and O–H groups in total. The van der Waals surface area contributed by atoms with Crippen LogP contribution < -0.4 is 10.9 Å². The Labute approximate surface area is 110 Å². The zero-order chi connectivity index (χ0) is 14.2. The van der Waals surface area contributed by atoms with Gasteiger partial charge in [0.25, 0.3) is 5.56 Å². The second-order valence-electron chi connectivity index (χ2n) is 5.58. The van der Waals surface area contributed by atoms with Crippen molar-refractivity contribution in [1.29, 1.82) is 0 Å². The molecule has 0 spiro atoms. The molecule has 1 heterocycles. The Morgan fingerprint density at radius 1 is 1.53 bits per heavy atom. The summed E-state index contributed by atoms with van der Waals surface area (Å²) in [5.41, 5.74) is -0.965. The molecule has 0 radical (unpaired) electrons. The molecule has 1 amide bonds. The number of amides is 1. The van der Waals surface area contributed by atoms with E-state index in [2.05, 4.69) is 5.32 Å². The molecule has 0 bridgehead atoms. The van der Waals surface area contributed by atoms with E-state index in [4.69, 9.17) is 4.74 Å². The number of alkyl halides is 1. The average Bonchev–Trinajstić information content (AvgIpc) is 2.96. The molecular weight excluding hydrogens is 251 g/mol. The normalized spacial score (nSPS) is 21.9. The molecule has 5 nitrogen and oxygen atoms in total. The predicted molar refractivity (Wildman–Crippen MR) is 69.1 cm³/mol. The number of halogens is 1. The molecule has 1 aliphatic rings. The number of nitrogens with zero attached hydrogens (tertiary/aromatic N) is 1. The molecule has 0 aliphatic heterocycles. The summed E-state index contributed by atoms with van der Waals surface area (Å²) in [5.74, 6) is 0. The van der Waals surface area contributed by atoms with Crippen LogP contribution in [-0.2, 0) is 4.74 Å². The van der Waals surface area contributed by atoms with Gasteiger partial charge in [-0.15, -0.1) is 0 Å². The van der Waals surface area contributed by atoms with Gasteiger partial charge >= 0.3 is 6.09 Å². The first kappa shape index (κ1) is 13.6. The molecule has 1 saturated carbocycles. The highest BCUT2D eigenvalue weighted by Crippen LogP contribution is 2.37. The van der Waals surface area contributed by atoms with Crippen LogP contribution in [0.3, 0.4) is 0 Å². The maximum atomic E-state index is 13.0. The minimum Gasteiger partial charge on any atom is -0.444 e. The number of ether oxygens (including phenoxy) is 1. The molecule has 0 saturated heterocycles. The van der Waals surface area contributed by atoms with Gasteiger partial charge in [0.05, 0.1) is 6.04 Å². The third-order valence-electron chi connectivity index (χ3n) is 2.65. The van der Waals surface area contributed by atoms with Crippen LogP contribution in [0.5, 0.6) is 0 Å². The van der Waals surface area contributed by atoms with Gasteiger partial charge in [-0.2, -0.15) is 0 Å². The van der Waals surface area contributed by atoms with Crippen molar-refractivity contribution < 1.29 is 13.9 Å². The Balaban J connectivity index is 2.13. The monoisotopic (exact) mass is 268 g/mol. The van der Waals surface area contributed by atoms with Gasteiger partial charge in [0.1, 0.15) is 17.5 Å². The van der Waals surface area contributed by atoms with E-state index in [0.29, 0.717) is 6.42 Å². The Bertz CT molecular complexity index is 548. The van der Waals surface area contributed by atoms with E-state index >= 15 is 0 Å². The van der Waals surface area contributed by atoms with Gasteiger partial charge in [-0.3, -0.25) is 10.1 Å². The van der Waals surface area contributed by atoms with Crippen LogP contribution in [0, 0.1) is 0 Å². The highest BCUT2D eigenvalue weighted by Gasteiger charge is 2.39. The second-order valence-corrected chi connectivity index (χ2v) is 5.58. The lowest BCUT2D eigenvalue weighted by molar-refractivity contribution is 0.0635. The fourth-order valence-corrected chi connectivity index (χ4v) is 1.72. The number of rotatable bonds is 2. The van der Waals surface area contributed by atoms with Crippen LogP contribution in [0.4, 0.5) is 14.9 Å². The minimum absolute atomic E-state index is 0.0934. The highest BCUT2D eigenvalue weighted by atomic mass is 19.1. The molecule has 0 aromatic carbocycles. The van der Waals surface area contributed by atoms with E-state index in [1.165, 1.54) is 16.8 Å². The van der Waals surface area contributed by atoms with Crippen LogP contribution in [0.15, 0.2) is 23.1 Å². The van der Waals surface area contributed by atoms with Crippen LogP contribution >= 0.6 is 0 Å². The molecule has 104 valence electrons. The number of aromatic nitrogens is 1. The molecule has 1 fully saturated rings. The summed E-state index contributed by atoms with van der Waals surface area (Å²) in [6, 6.07) is 2.66. The van der Waals surface area contributed by atoms with Crippen molar-refractivity contribution in [2.24, 2.45) is 0 Å². The maximum absolute atomic E-state index is 13.0. The number of pyridine rings is 1. The summed E-state index contributed by atoms with van der Waals surface area (Å²) >= 11 is 0. The van der Waals surface area contributed by atoms with Gasteiger partial charge < -0.3 is 9.30 Å². The third kappa shape index (κ3) is 3.33. The van der Waals surface area contributed by atoms with E-state index in [1.54, 1.807) is 26.8 Å². The van der Waals surface area contributed by atoms with Crippen molar-refractivity contribution in [1.82, 2.24) is 4.57 Å². The lowest BCUT2D eigenvalue weighted by atomic mass is 10.2. The number of hydrogen-bond donors (Lipinski definition) is 1. The minimum atomic E-state index is -0.977. The topological polar surface area (TPSA) is 60.3 Å². The summed E-state index contributed by atoms with van der Waals surface area (Å²) in [4.78, 5) is 23.6. The number of carbonyl (C=O) groups excluding carboxylic acids is 1. The van der Waals surface area contributed by atoms with Gasteiger partial charge in [-0.05, 0) is 32.9 Å². The zero-order valence-corrected chi connectivity index (χ0v) is 11.1. The van der Waals surface area contributed by atoms with Gasteiger partial charge in [0.2, 0.25) is 0 Å². The molecule has 0 unspecified atom stereocenters. The Morgan fingerprint density at radius 3 is 2.68 bits per heavy atom. The highest BCUT2D eigenvalue weighted by molar-refractivity contribution is 5.84. The first-order valence-corrected chi connectivity index (χ1v) is 6.13. The SMILES string of the molecule is CC(C)(C)OC(=O)Nc1cccn([C@@H]2C[C@H]2F)c1=O. The molecule has 1 aliphatic carbocycles. The standard InChI is InChI=1S/C13H17FN2O3/c1-13(2,3)19-12(18)15-9-5-4-6-16(11(9)17)10-7-8(10)14/h4-6,8,10H,7H2,1-3H3,(H,15,18)/t8-,10-/m1/s1. The molecule has 19 heavy (non-hydrogen) atoms. The molecule has 6 heteroatoms.